The average molecular weight is 223 g/mol. The summed E-state index contributed by atoms with van der Waals surface area (Å²) in [6, 6.07) is 6.95. The molecule has 1 aliphatic heterocycles. The molecule has 4 heteroatoms. The van der Waals surface area contributed by atoms with E-state index in [1.165, 1.54) is 0 Å². The minimum Gasteiger partial charge on any atom is -0.508 e. The molecule has 1 aromatic rings. The molecule has 0 bridgehead atoms. The number of nitrogens with zero attached hydrogens (tertiary/aromatic N) is 1. The molecule has 1 aromatic carbocycles. The van der Waals surface area contributed by atoms with Gasteiger partial charge in [-0.15, -0.1) is 0 Å². The van der Waals surface area contributed by atoms with Crippen LogP contribution in [0, 0.1) is 0 Å². The molecule has 0 radical (unpaired) electrons. The monoisotopic (exact) mass is 223 g/mol. The third-order valence-corrected chi connectivity index (χ3v) is 2.97. The average Bonchev–Trinajstić information content (AvgIpc) is 2.65. The third kappa shape index (κ3) is 2.04. The van der Waals surface area contributed by atoms with Crippen molar-refractivity contribution >= 4 is 23.0 Å². The van der Waals surface area contributed by atoms with Crippen LogP contribution in [0.1, 0.15) is 12.8 Å². The normalized spacial score (nSPS) is 20.5. The van der Waals surface area contributed by atoms with Gasteiger partial charge in [0, 0.05) is 18.3 Å². The van der Waals surface area contributed by atoms with Crippen LogP contribution in [0.2, 0.25) is 0 Å². The number of anilines is 1. The van der Waals surface area contributed by atoms with Crippen molar-refractivity contribution in [1.29, 1.82) is 0 Å². The number of aliphatic hydroxyl groups excluding tert-OH is 1. The number of hydrogen-bond donors (Lipinski definition) is 2. The quantitative estimate of drug-likeness (QED) is 0.755. The van der Waals surface area contributed by atoms with Crippen molar-refractivity contribution in [1.82, 2.24) is 0 Å². The van der Waals surface area contributed by atoms with Crippen LogP contribution in [0.4, 0.5) is 5.69 Å². The molecule has 2 N–H and O–H groups in total. The van der Waals surface area contributed by atoms with E-state index in [0.717, 1.165) is 25.1 Å². The standard InChI is InChI=1S/C11H13NO2S/c13-9-4-1-3-8(7-9)12-6-2-5-10(12)11(14)15/h1,3-4,7,10,13H,2,5-6H2,(H,14,15)/t10-/m0/s1. The molecule has 0 aromatic heterocycles. The van der Waals surface area contributed by atoms with Gasteiger partial charge in [0.1, 0.15) is 5.75 Å². The van der Waals surface area contributed by atoms with Crippen molar-refractivity contribution in [2.24, 2.45) is 0 Å². The number of phenols is 1. The van der Waals surface area contributed by atoms with Gasteiger partial charge in [-0.1, -0.05) is 6.07 Å². The first-order valence-corrected chi connectivity index (χ1v) is 5.38. The lowest BCUT2D eigenvalue weighted by atomic mass is 10.2. The molecule has 1 heterocycles. The summed E-state index contributed by atoms with van der Waals surface area (Å²) in [5, 5.41) is 18.8. The number of aromatic hydroxyl groups is 1. The van der Waals surface area contributed by atoms with Gasteiger partial charge in [0.05, 0.1) is 6.04 Å². The van der Waals surface area contributed by atoms with Crippen molar-refractivity contribution < 1.29 is 10.2 Å². The minimum absolute atomic E-state index is 0.0378. The van der Waals surface area contributed by atoms with Crippen molar-refractivity contribution in [2.45, 2.75) is 18.9 Å². The molecule has 15 heavy (non-hydrogen) atoms. The number of thiocarbonyl (C=S) groups is 1. The van der Waals surface area contributed by atoms with Crippen LogP contribution < -0.4 is 4.90 Å². The van der Waals surface area contributed by atoms with E-state index in [9.17, 15) is 10.2 Å². The Morgan fingerprint density at radius 1 is 1.47 bits per heavy atom. The van der Waals surface area contributed by atoms with E-state index < -0.39 is 0 Å². The summed E-state index contributed by atoms with van der Waals surface area (Å²) in [7, 11) is 0. The largest absolute Gasteiger partial charge is 0.508 e. The summed E-state index contributed by atoms with van der Waals surface area (Å²) in [5.74, 6) is 0.238. The van der Waals surface area contributed by atoms with Crippen molar-refractivity contribution in [3.8, 4) is 5.75 Å². The first kappa shape index (κ1) is 10.2. The summed E-state index contributed by atoms with van der Waals surface area (Å²) in [4.78, 5) is 2.03. The molecule has 0 spiro atoms. The second-order valence-corrected chi connectivity index (χ2v) is 4.13. The summed E-state index contributed by atoms with van der Waals surface area (Å²) in [6.07, 6.45) is 1.89. The Labute approximate surface area is 94.0 Å². The maximum Gasteiger partial charge on any atom is 0.179 e. The SMILES string of the molecule is OC(=S)[C@@H]1CCCN1c1cccc(O)c1. The number of phenolic OH excluding ortho intramolecular Hbond substituents is 1. The summed E-state index contributed by atoms with van der Waals surface area (Å²) >= 11 is 4.82. The maximum absolute atomic E-state index is 9.38. The van der Waals surface area contributed by atoms with Crippen molar-refractivity contribution in [3.63, 3.8) is 0 Å². The molecule has 0 saturated carbocycles. The highest BCUT2D eigenvalue weighted by Gasteiger charge is 2.28. The topological polar surface area (TPSA) is 43.7 Å². The highest BCUT2D eigenvalue weighted by atomic mass is 32.1. The number of rotatable bonds is 2. The Morgan fingerprint density at radius 2 is 2.27 bits per heavy atom. The van der Waals surface area contributed by atoms with Gasteiger partial charge in [0.15, 0.2) is 5.05 Å². The Balaban J connectivity index is 2.26. The Bertz CT molecular complexity index is 381. The van der Waals surface area contributed by atoms with Gasteiger partial charge >= 0.3 is 0 Å². The zero-order chi connectivity index (χ0) is 10.8. The molecule has 1 saturated heterocycles. The van der Waals surface area contributed by atoms with E-state index in [4.69, 9.17) is 12.2 Å². The Morgan fingerprint density at radius 3 is 2.93 bits per heavy atom. The molecular weight excluding hydrogens is 210 g/mol. The molecule has 1 atom stereocenters. The van der Waals surface area contributed by atoms with E-state index in [-0.39, 0.29) is 16.8 Å². The van der Waals surface area contributed by atoms with Gasteiger partial charge < -0.3 is 15.1 Å². The number of hydrogen-bond acceptors (Lipinski definition) is 3. The lowest BCUT2D eigenvalue weighted by Gasteiger charge is -2.25. The second kappa shape index (κ2) is 4.06. The highest BCUT2D eigenvalue weighted by Crippen LogP contribution is 2.28. The lowest BCUT2D eigenvalue weighted by molar-refractivity contribution is 0.475. The van der Waals surface area contributed by atoms with Gasteiger partial charge in [-0.3, -0.25) is 0 Å². The first-order valence-electron chi connectivity index (χ1n) is 4.97. The van der Waals surface area contributed by atoms with E-state index in [1.807, 2.05) is 11.0 Å². The Kier molecular flexibility index (Phi) is 2.77. The summed E-state index contributed by atoms with van der Waals surface area (Å²) < 4.78 is 0. The minimum atomic E-state index is -0.0817. The van der Waals surface area contributed by atoms with E-state index in [0.29, 0.717) is 0 Å². The van der Waals surface area contributed by atoms with Crippen molar-refractivity contribution in [2.75, 3.05) is 11.4 Å². The maximum atomic E-state index is 9.38. The molecule has 2 rings (SSSR count). The fraction of sp³-hybridized carbons (Fsp3) is 0.364. The zero-order valence-electron chi connectivity index (χ0n) is 8.26. The molecule has 80 valence electrons. The second-order valence-electron chi connectivity index (χ2n) is 3.71. The molecule has 1 aliphatic rings. The van der Waals surface area contributed by atoms with Gasteiger partial charge in [-0.05, 0) is 37.2 Å². The zero-order valence-corrected chi connectivity index (χ0v) is 9.07. The van der Waals surface area contributed by atoms with E-state index in [1.54, 1.807) is 18.2 Å². The fourth-order valence-electron chi connectivity index (χ4n) is 2.00. The third-order valence-electron chi connectivity index (χ3n) is 2.70. The number of aliphatic hydroxyl groups is 1. The van der Waals surface area contributed by atoms with Crippen LogP contribution in [-0.2, 0) is 0 Å². The van der Waals surface area contributed by atoms with Crippen LogP contribution in [0.3, 0.4) is 0 Å². The summed E-state index contributed by atoms with van der Waals surface area (Å²) in [6.45, 7) is 0.870. The molecule has 0 unspecified atom stereocenters. The smallest absolute Gasteiger partial charge is 0.179 e. The summed E-state index contributed by atoms with van der Waals surface area (Å²) in [5.41, 5.74) is 0.911. The van der Waals surface area contributed by atoms with Crippen molar-refractivity contribution in [3.05, 3.63) is 24.3 Å². The van der Waals surface area contributed by atoms with Crippen LogP contribution in [0.25, 0.3) is 0 Å². The molecule has 0 aliphatic carbocycles. The van der Waals surface area contributed by atoms with Gasteiger partial charge in [-0.2, -0.15) is 0 Å². The van der Waals surface area contributed by atoms with E-state index in [2.05, 4.69) is 0 Å². The fourth-order valence-corrected chi connectivity index (χ4v) is 2.25. The first-order chi connectivity index (χ1) is 7.18. The molecule has 0 amide bonds. The molecule has 3 nitrogen and oxygen atoms in total. The molecular formula is C11H13NO2S. The molecule has 1 fully saturated rings. The van der Waals surface area contributed by atoms with Crippen LogP contribution >= 0.6 is 12.2 Å². The van der Waals surface area contributed by atoms with Gasteiger partial charge in [0.25, 0.3) is 0 Å². The van der Waals surface area contributed by atoms with Crippen LogP contribution in [0.15, 0.2) is 24.3 Å². The predicted octanol–water partition coefficient (Wildman–Crippen LogP) is 2.25. The predicted molar refractivity (Wildman–Crippen MR) is 63.7 cm³/mol. The van der Waals surface area contributed by atoms with Crippen LogP contribution in [0.5, 0.6) is 5.75 Å². The highest BCUT2D eigenvalue weighted by molar-refractivity contribution is 7.80. The van der Waals surface area contributed by atoms with E-state index >= 15 is 0 Å². The van der Waals surface area contributed by atoms with Crippen LogP contribution in [-0.4, -0.2) is 27.9 Å². The Hall–Kier alpha value is -1.29. The van der Waals surface area contributed by atoms with Gasteiger partial charge in [-0.25, -0.2) is 0 Å². The van der Waals surface area contributed by atoms with Gasteiger partial charge in [0.2, 0.25) is 0 Å². The lowest BCUT2D eigenvalue weighted by Crippen LogP contribution is -2.34. The number of benzene rings is 1.